The number of methoxy groups -OCH3 is 1. The van der Waals surface area contributed by atoms with Gasteiger partial charge in [0, 0.05) is 19.7 Å². The molecule has 1 aromatic heterocycles. The Kier molecular flexibility index (Phi) is 7.79. The molecule has 36 heavy (non-hydrogen) atoms. The fourth-order valence-electron chi connectivity index (χ4n) is 3.26. The van der Waals surface area contributed by atoms with Gasteiger partial charge in [-0.2, -0.15) is 13.2 Å². The molecule has 2 heterocycles. The smallest absolute Gasteiger partial charge is 0.431 e. The fourth-order valence-corrected chi connectivity index (χ4v) is 4.60. The predicted molar refractivity (Wildman–Crippen MR) is 124 cm³/mol. The summed E-state index contributed by atoms with van der Waals surface area (Å²) in [6.07, 6.45) is -3.85. The van der Waals surface area contributed by atoms with Crippen LogP contribution in [0.25, 0.3) is 5.69 Å². The van der Waals surface area contributed by atoms with Crippen molar-refractivity contribution in [2.24, 2.45) is 12.0 Å². The highest BCUT2D eigenvalue weighted by molar-refractivity contribution is 8.15. The number of carbonyl (C=O) groups excluding carboxylic acids is 2. The number of aromatic nitrogens is 2. The van der Waals surface area contributed by atoms with Crippen molar-refractivity contribution in [3.8, 4) is 5.69 Å². The summed E-state index contributed by atoms with van der Waals surface area (Å²) in [6, 6.07) is 1.78. The van der Waals surface area contributed by atoms with Gasteiger partial charge in [0.1, 0.15) is 16.8 Å². The van der Waals surface area contributed by atoms with Gasteiger partial charge in [-0.3, -0.25) is 23.9 Å². The maximum absolute atomic E-state index is 14.8. The van der Waals surface area contributed by atoms with E-state index in [9.17, 15) is 36.7 Å². The lowest BCUT2D eigenvalue weighted by Gasteiger charge is -2.16. The van der Waals surface area contributed by atoms with E-state index in [1.807, 2.05) is 0 Å². The molecule has 1 fully saturated rings. The van der Waals surface area contributed by atoms with Crippen molar-refractivity contribution in [2.75, 3.05) is 13.7 Å². The molecule has 1 atom stereocenters. The normalized spacial score (nSPS) is 17.1. The quantitative estimate of drug-likeness (QED) is 0.312. The highest BCUT2D eigenvalue weighted by atomic mass is 35.5. The molecule has 1 amide bonds. The SMILES string of the molecule is C=CCN1C(=O)C(CC(=O)OC)SC1=Nc1cc(-n2c(=O)cc(C(F)(F)F)n(C)c2=O)c(F)cc1Cl. The van der Waals surface area contributed by atoms with E-state index in [2.05, 4.69) is 16.3 Å². The molecule has 1 aromatic carbocycles. The van der Waals surface area contributed by atoms with Gasteiger partial charge >= 0.3 is 17.8 Å². The number of esters is 1. The first-order chi connectivity index (χ1) is 16.8. The summed E-state index contributed by atoms with van der Waals surface area (Å²) < 4.78 is 59.2. The molecule has 0 saturated carbocycles. The molecule has 0 aliphatic carbocycles. The van der Waals surface area contributed by atoms with Crippen molar-refractivity contribution >= 4 is 46.1 Å². The van der Waals surface area contributed by atoms with Gasteiger partial charge in [0.25, 0.3) is 5.56 Å². The number of thioether (sulfide) groups is 1. The molecule has 1 saturated heterocycles. The Morgan fingerprint density at radius 2 is 1.94 bits per heavy atom. The summed E-state index contributed by atoms with van der Waals surface area (Å²) >= 11 is 6.99. The summed E-state index contributed by atoms with van der Waals surface area (Å²) in [7, 11) is 1.95. The Labute approximate surface area is 209 Å². The van der Waals surface area contributed by atoms with Crippen LogP contribution in [0.5, 0.6) is 0 Å². The average molecular weight is 549 g/mol. The summed E-state index contributed by atoms with van der Waals surface area (Å²) in [5.74, 6) is -2.29. The lowest BCUT2D eigenvalue weighted by atomic mass is 10.2. The van der Waals surface area contributed by atoms with Gasteiger partial charge in [-0.15, -0.1) is 6.58 Å². The third kappa shape index (κ3) is 5.23. The number of halogens is 5. The Balaban J connectivity index is 2.15. The van der Waals surface area contributed by atoms with Crippen LogP contribution in [-0.4, -0.2) is 50.0 Å². The van der Waals surface area contributed by atoms with E-state index in [4.69, 9.17) is 11.6 Å². The van der Waals surface area contributed by atoms with E-state index in [0.29, 0.717) is 0 Å². The number of benzene rings is 1. The molecule has 1 aliphatic heterocycles. The molecular weight excluding hydrogens is 532 g/mol. The zero-order chi connectivity index (χ0) is 26.9. The number of ether oxygens (including phenoxy) is 1. The van der Waals surface area contributed by atoms with Gasteiger partial charge in [-0.1, -0.05) is 29.4 Å². The van der Waals surface area contributed by atoms with Crippen molar-refractivity contribution < 1.29 is 31.9 Å². The van der Waals surface area contributed by atoms with E-state index in [1.165, 1.54) is 11.0 Å². The number of nitrogens with zero attached hydrogens (tertiary/aromatic N) is 4. The number of hydrogen-bond acceptors (Lipinski definition) is 7. The second kappa shape index (κ2) is 10.3. The van der Waals surface area contributed by atoms with Gasteiger partial charge in [0.2, 0.25) is 5.91 Å². The van der Waals surface area contributed by atoms with Crippen molar-refractivity contribution in [1.29, 1.82) is 0 Å². The Morgan fingerprint density at radius 1 is 1.28 bits per heavy atom. The summed E-state index contributed by atoms with van der Waals surface area (Å²) in [5, 5.41) is -1.09. The van der Waals surface area contributed by atoms with Crippen LogP contribution in [-0.2, 0) is 27.5 Å². The van der Waals surface area contributed by atoms with Crippen LogP contribution in [0.2, 0.25) is 5.02 Å². The fraction of sp³-hybridized carbons (Fsp3) is 0.286. The molecule has 0 bridgehead atoms. The number of carbonyl (C=O) groups is 2. The number of alkyl halides is 3. The third-order valence-corrected chi connectivity index (χ3v) is 6.47. The Hall–Kier alpha value is -3.39. The number of hydrogen-bond donors (Lipinski definition) is 0. The van der Waals surface area contributed by atoms with Gasteiger partial charge in [-0.05, 0) is 12.1 Å². The number of aliphatic imine (C=N–C) groups is 1. The Morgan fingerprint density at radius 3 is 2.53 bits per heavy atom. The highest BCUT2D eigenvalue weighted by Crippen LogP contribution is 2.35. The van der Waals surface area contributed by atoms with Gasteiger partial charge in [-0.25, -0.2) is 18.7 Å². The second-order valence-corrected chi connectivity index (χ2v) is 8.89. The molecule has 192 valence electrons. The number of amidine groups is 1. The average Bonchev–Trinajstić information content (AvgIpc) is 3.07. The second-order valence-electron chi connectivity index (χ2n) is 7.32. The molecular formula is C21H17ClF4N4O5S. The van der Waals surface area contributed by atoms with Crippen LogP contribution < -0.4 is 11.2 Å². The predicted octanol–water partition coefficient (Wildman–Crippen LogP) is 3.03. The molecule has 9 nitrogen and oxygen atoms in total. The van der Waals surface area contributed by atoms with E-state index >= 15 is 0 Å². The molecule has 3 rings (SSSR count). The number of rotatable bonds is 6. The minimum absolute atomic E-state index is 0.00686. The van der Waals surface area contributed by atoms with Crippen LogP contribution in [0.3, 0.4) is 0 Å². The highest BCUT2D eigenvalue weighted by Gasteiger charge is 2.39. The first-order valence-electron chi connectivity index (χ1n) is 9.94. The summed E-state index contributed by atoms with van der Waals surface area (Å²) in [4.78, 5) is 54.8. The largest absolute Gasteiger partial charge is 0.469 e. The van der Waals surface area contributed by atoms with E-state index in [-0.39, 0.29) is 44.0 Å². The monoisotopic (exact) mass is 548 g/mol. The molecule has 1 unspecified atom stereocenters. The molecule has 0 N–H and O–H groups in total. The Bertz CT molecular complexity index is 1400. The molecule has 0 spiro atoms. The van der Waals surface area contributed by atoms with Crippen LogP contribution in [0.4, 0.5) is 23.2 Å². The zero-order valence-corrected chi connectivity index (χ0v) is 20.2. The van der Waals surface area contributed by atoms with Crippen molar-refractivity contribution in [3.63, 3.8) is 0 Å². The van der Waals surface area contributed by atoms with Crippen molar-refractivity contribution in [1.82, 2.24) is 14.0 Å². The van der Waals surface area contributed by atoms with E-state index in [1.54, 1.807) is 0 Å². The number of amides is 1. The maximum Gasteiger partial charge on any atom is 0.431 e. The molecule has 1 aliphatic rings. The molecule has 2 aromatic rings. The van der Waals surface area contributed by atoms with Crippen LogP contribution in [0.1, 0.15) is 12.1 Å². The van der Waals surface area contributed by atoms with Gasteiger partial charge < -0.3 is 4.74 Å². The first-order valence-corrected chi connectivity index (χ1v) is 11.2. The van der Waals surface area contributed by atoms with Crippen LogP contribution in [0, 0.1) is 5.82 Å². The van der Waals surface area contributed by atoms with E-state index in [0.717, 1.165) is 38.1 Å². The van der Waals surface area contributed by atoms with E-state index < -0.39 is 51.8 Å². The van der Waals surface area contributed by atoms with Crippen LogP contribution in [0.15, 0.2) is 45.4 Å². The van der Waals surface area contributed by atoms with Crippen LogP contribution >= 0.6 is 23.4 Å². The molecule has 15 heteroatoms. The minimum Gasteiger partial charge on any atom is -0.469 e. The first kappa shape index (κ1) is 27.2. The molecule has 0 radical (unpaired) electrons. The lowest BCUT2D eigenvalue weighted by Crippen LogP contribution is -2.41. The standard InChI is InChI=1S/C21H17ClF4N4O5S/c1-4-5-29-18(33)14(8-17(32)35-3)36-19(29)27-12-7-13(11(23)6-10(12)22)30-16(31)9-15(21(24,25)26)28(2)20(30)34/h4,6-7,9,14H,1,5,8H2,2-3H3. The third-order valence-electron chi connectivity index (χ3n) is 5.00. The minimum atomic E-state index is -5.00. The van der Waals surface area contributed by atoms with Gasteiger partial charge in [0.15, 0.2) is 5.17 Å². The van der Waals surface area contributed by atoms with Crippen molar-refractivity contribution in [3.05, 3.63) is 68.2 Å². The van der Waals surface area contributed by atoms with Crippen molar-refractivity contribution in [2.45, 2.75) is 17.8 Å². The zero-order valence-electron chi connectivity index (χ0n) is 18.6. The maximum atomic E-state index is 14.8. The van der Waals surface area contributed by atoms with Gasteiger partial charge in [0.05, 0.1) is 29.9 Å². The summed E-state index contributed by atoms with van der Waals surface area (Å²) in [6.45, 7) is 3.56. The topological polar surface area (TPSA) is 103 Å². The summed E-state index contributed by atoms with van der Waals surface area (Å²) in [5.41, 5.74) is -5.28. The lowest BCUT2D eigenvalue weighted by molar-refractivity contribution is -0.144.